The Bertz CT molecular complexity index is 612. The minimum absolute atomic E-state index is 0.205. The number of nitrogens with one attached hydrogen (secondary N) is 2. The molecule has 0 aromatic heterocycles. The Morgan fingerprint density at radius 1 is 1.26 bits per heavy atom. The Kier molecular flexibility index (Phi) is 8.35. The van der Waals surface area contributed by atoms with Gasteiger partial charge in [0, 0.05) is 47.4 Å². The average molecular weight is 379 g/mol. The first-order valence-corrected chi connectivity index (χ1v) is 9.98. The van der Waals surface area contributed by atoms with Gasteiger partial charge in [0.05, 0.1) is 5.69 Å². The zero-order valence-electron chi connectivity index (χ0n) is 17.3. The summed E-state index contributed by atoms with van der Waals surface area (Å²) in [6.07, 6.45) is 6.14. The number of hydrogen-bond acceptors (Lipinski definition) is 3. The highest BCUT2D eigenvalue weighted by Crippen LogP contribution is 2.40. The summed E-state index contributed by atoms with van der Waals surface area (Å²) in [5, 5.41) is 6.77. The molecule has 1 aromatic carbocycles. The first kappa shape index (κ1) is 21.5. The molecular weight excluding hydrogens is 343 g/mol. The van der Waals surface area contributed by atoms with Crippen molar-refractivity contribution in [1.29, 1.82) is 0 Å². The van der Waals surface area contributed by atoms with E-state index in [-0.39, 0.29) is 5.82 Å². The van der Waals surface area contributed by atoms with Crippen molar-refractivity contribution in [2.24, 2.45) is 10.4 Å². The van der Waals surface area contributed by atoms with Gasteiger partial charge in [-0.3, -0.25) is 4.99 Å². The van der Waals surface area contributed by atoms with Crippen molar-refractivity contribution in [2.75, 3.05) is 45.8 Å². The largest absolute Gasteiger partial charge is 0.382 e. The lowest BCUT2D eigenvalue weighted by Crippen LogP contribution is -2.43. The van der Waals surface area contributed by atoms with Crippen LogP contribution in [0.1, 0.15) is 44.6 Å². The molecule has 0 heterocycles. The van der Waals surface area contributed by atoms with Gasteiger partial charge in [-0.25, -0.2) is 4.39 Å². The van der Waals surface area contributed by atoms with Crippen molar-refractivity contribution >= 4 is 11.6 Å². The van der Waals surface area contributed by atoms with Gasteiger partial charge in [-0.15, -0.1) is 0 Å². The van der Waals surface area contributed by atoms with Crippen LogP contribution in [-0.4, -0.2) is 46.9 Å². The predicted octanol–water partition coefficient (Wildman–Crippen LogP) is 3.54. The number of anilines is 1. The predicted molar refractivity (Wildman–Crippen MR) is 111 cm³/mol. The number of aliphatic imine (C=N–C) groups is 1. The fourth-order valence-corrected chi connectivity index (χ4v) is 3.77. The van der Waals surface area contributed by atoms with Crippen molar-refractivity contribution in [3.05, 3.63) is 29.6 Å². The lowest BCUT2D eigenvalue weighted by Gasteiger charge is -2.30. The molecule has 1 aliphatic rings. The van der Waals surface area contributed by atoms with Gasteiger partial charge in [0.15, 0.2) is 5.96 Å². The van der Waals surface area contributed by atoms with E-state index in [0.29, 0.717) is 17.6 Å². The third kappa shape index (κ3) is 6.38. The van der Waals surface area contributed by atoms with E-state index >= 15 is 0 Å². The molecule has 5 nitrogen and oxygen atoms in total. The molecule has 1 fully saturated rings. The summed E-state index contributed by atoms with van der Waals surface area (Å²) in [7, 11) is 5.45. The zero-order chi connectivity index (χ0) is 19.7. The zero-order valence-corrected chi connectivity index (χ0v) is 17.3. The lowest BCUT2D eigenvalue weighted by atomic mass is 9.83. The number of benzene rings is 1. The van der Waals surface area contributed by atoms with E-state index in [1.807, 2.05) is 33.2 Å². The SMILES string of the molecule is CCOCCC1(CNC(=NC)NCc2ccc(N(C)C)c(F)c2)CCCC1. The fraction of sp³-hybridized carbons (Fsp3) is 0.667. The second-order valence-corrected chi connectivity index (χ2v) is 7.61. The number of halogens is 1. The Morgan fingerprint density at radius 3 is 2.59 bits per heavy atom. The molecular formula is C21H35FN4O. The van der Waals surface area contributed by atoms with Gasteiger partial charge in [-0.2, -0.15) is 0 Å². The summed E-state index contributed by atoms with van der Waals surface area (Å²) in [4.78, 5) is 6.10. The van der Waals surface area contributed by atoms with E-state index in [4.69, 9.17) is 4.74 Å². The molecule has 6 heteroatoms. The van der Waals surface area contributed by atoms with Crippen molar-refractivity contribution in [3.63, 3.8) is 0 Å². The molecule has 0 atom stereocenters. The Hall–Kier alpha value is -1.82. The molecule has 27 heavy (non-hydrogen) atoms. The summed E-state index contributed by atoms with van der Waals surface area (Å²) >= 11 is 0. The second kappa shape index (κ2) is 10.5. The summed E-state index contributed by atoms with van der Waals surface area (Å²) in [6, 6.07) is 5.33. The molecule has 0 bridgehead atoms. The summed E-state index contributed by atoms with van der Waals surface area (Å²) in [5.74, 6) is 0.554. The van der Waals surface area contributed by atoms with Gasteiger partial charge in [0.1, 0.15) is 5.82 Å². The van der Waals surface area contributed by atoms with Crippen molar-refractivity contribution in [1.82, 2.24) is 10.6 Å². The first-order valence-electron chi connectivity index (χ1n) is 9.98. The molecule has 0 saturated heterocycles. The maximum atomic E-state index is 14.1. The van der Waals surface area contributed by atoms with E-state index in [9.17, 15) is 4.39 Å². The number of hydrogen-bond donors (Lipinski definition) is 2. The highest BCUT2D eigenvalue weighted by atomic mass is 19.1. The molecule has 0 spiro atoms. The maximum absolute atomic E-state index is 14.1. The third-order valence-electron chi connectivity index (χ3n) is 5.45. The van der Waals surface area contributed by atoms with Gasteiger partial charge < -0.3 is 20.3 Å². The van der Waals surface area contributed by atoms with Gasteiger partial charge in [0.2, 0.25) is 0 Å². The van der Waals surface area contributed by atoms with Crippen LogP contribution in [0.25, 0.3) is 0 Å². The van der Waals surface area contributed by atoms with Crippen molar-refractivity contribution in [3.8, 4) is 0 Å². The quantitative estimate of drug-likeness (QED) is 0.392. The first-order chi connectivity index (χ1) is 13.0. The maximum Gasteiger partial charge on any atom is 0.191 e. The van der Waals surface area contributed by atoms with E-state index in [1.165, 1.54) is 25.7 Å². The number of guanidine groups is 1. The van der Waals surface area contributed by atoms with Gasteiger partial charge in [0.25, 0.3) is 0 Å². The second-order valence-electron chi connectivity index (χ2n) is 7.61. The van der Waals surface area contributed by atoms with E-state index < -0.39 is 0 Å². The van der Waals surface area contributed by atoms with Gasteiger partial charge in [-0.05, 0) is 49.3 Å². The fourth-order valence-electron chi connectivity index (χ4n) is 3.77. The van der Waals surface area contributed by atoms with E-state index in [0.717, 1.165) is 37.7 Å². The third-order valence-corrected chi connectivity index (χ3v) is 5.45. The summed E-state index contributed by atoms with van der Waals surface area (Å²) in [5.41, 5.74) is 1.79. The van der Waals surface area contributed by atoms with Crippen molar-refractivity contribution in [2.45, 2.75) is 45.6 Å². The number of ether oxygens (including phenoxy) is 1. The molecule has 1 aliphatic carbocycles. The molecule has 0 unspecified atom stereocenters. The molecule has 2 N–H and O–H groups in total. The van der Waals surface area contributed by atoms with E-state index in [1.54, 1.807) is 18.0 Å². The molecule has 1 saturated carbocycles. The van der Waals surface area contributed by atoms with Crippen LogP contribution in [0.5, 0.6) is 0 Å². The minimum atomic E-state index is -0.205. The minimum Gasteiger partial charge on any atom is -0.382 e. The van der Waals surface area contributed by atoms with Crippen LogP contribution in [0.15, 0.2) is 23.2 Å². The lowest BCUT2D eigenvalue weighted by molar-refractivity contribution is 0.105. The standard InChI is InChI=1S/C21H35FN4O/c1-5-27-13-12-21(10-6-7-11-21)16-25-20(23-2)24-15-17-8-9-19(26(3)4)18(22)14-17/h8-9,14H,5-7,10-13,15-16H2,1-4H3,(H2,23,24,25). The van der Waals surface area contributed by atoms with Crippen LogP contribution < -0.4 is 15.5 Å². The monoisotopic (exact) mass is 378 g/mol. The van der Waals surface area contributed by atoms with E-state index in [2.05, 4.69) is 15.6 Å². The molecule has 0 aliphatic heterocycles. The average Bonchev–Trinajstić information content (AvgIpc) is 3.11. The van der Waals surface area contributed by atoms with Crippen LogP contribution in [0.2, 0.25) is 0 Å². The Morgan fingerprint density at radius 2 is 2.00 bits per heavy atom. The molecule has 0 radical (unpaired) electrons. The van der Waals surface area contributed by atoms with Crippen LogP contribution in [0.3, 0.4) is 0 Å². The number of rotatable bonds is 9. The molecule has 0 amide bonds. The Balaban J connectivity index is 1.87. The molecule has 152 valence electrons. The number of nitrogens with zero attached hydrogens (tertiary/aromatic N) is 2. The Labute approximate surface area is 163 Å². The van der Waals surface area contributed by atoms with Crippen molar-refractivity contribution < 1.29 is 9.13 Å². The van der Waals surface area contributed by atoms with Gasteiger partial charge >= 0.3 is 0 Å². The molecule has 1 aromatic rings. The summed E-state index contributed by atoms with van der Waals surface area (Å²) in [6.45, 7) is 5.07. The van der Waals surface area contributed by atoms with Crippen LogP contribution in [0.4, 0.5) is 10.1 Å². The van der Waals surface area contributed by atoms with Crippen LogP contribution in [0, 0.1) is 11.2 Å². The normalized spacial score (nSPS) is 16.4. The highest BCUT2D eigenvalue weighted by molar-refractivity contribution is 5.79. The van der Waals surface area contributed by atoms with Gasteiger partial charge in [-0.1, -0.05) is 18.9 Å². The summed E-state index contributed by atoms with van der Waals surface area (Å²) < 4.78 is 19.7. The topological polar surface area (TPSA) is 48.9 Å². The molecule has 2 rings (SSSR count). The van der Waals surface area contributed by atoms with Crippen LogP contribution >= 0.6 is 0 Å². The highest BCUT2D eigenvalue weighted by Gasteiger charge is 2.33. The smallest absolute Gasteiger partial charge is 0.191 e. The van der Waals surface area contributed by atoms with Crippen LogP contribution in [-0.2, 0) is 11.3 Å².